The van der Waals surface area contributed by atoms with Crippen molar-refractivity contribution < 1.29 is 0 Å². The van der Waals surface area contributed by atoms with Gasteiger partial charge in [0.1, 0.15) is 0 Å². The summed E-state index contributed by atoms with van der Waals surface area (Å²) in [7, 11) is 0. The van der Waals surface area contributed by atoms with Gasteiger partial charge in [-0.05, 0) is 154 Å². The summed E-state index contributed by atoms with van der Waals surface area (Å²) < 4.78 is 0. The van der Waals surface area contributed by atoms with E-state index in [9.17, 15) is 0 Å². The van der Waals surface area contributed by atoms with Gasteiger partial charge < -0.3 is 4.90 Å². The molecule has 0 aliphatic heterocycles. The molecule has 0 spiro atoms. The number of fused-ring (bicyclic) bond motifs is 4. The lowest BCUT2D eigenvalue weighted by atomic mass is 9.67. The molecule has 1 heteroatoms. The molecule has 0 bridgehead atoms. The van der Waals surface area contributed by atoms with Crippen LogP contribution in [-0.2, 0) is 5.41 Å². The fraction of sp³-hybridized carbons (Fsp3) is 0.0141. The molecule has 1 aliphatic rings. The molecule has 0 heterocycles. The molecule has 338 valence electrons. The highest BCUT2D eigenvalue weighted by Gasteiger charge is 2.46. The molecule has 0 radical (unpaired) electrons. The van der Waals surface area contributed by atoms with E-state index < -0.39 is 5.41 Å². The second kappa shape index (κ2) is 18.2. The molecule has 0 aromatic heterocycles. The van der Waals surface area contributed by atoms with Gasteiger partial charge in [-0.25, -0.2) is 0 Å². The molecular formula is C71H49N. The first-order chi connectivity index (χ1) is 35.7. The molecular weight excluding hydrogens is 867 g/mol. The molecule has 1 nitrogen and oxygen atoms in total. The second-order valence-corrected chi connectivity index (χ2v) is 18.8. The Morgan fingerprint density at radius 1 is 0.222 bits per heavy atom. The van der Waals surface area contributed by atoms with Gasteiger partial charge in [-0.15, -0.1) is 0 Å². The average Bonchev–Trinajstić information content (AvgIpc) is 3.76. The Morgan fingerprint density at radius 2 is 0.639 bits per heavy atom. The van der Waals surface area contributed by atoms with E-state index in [1.165, 1.54) is 83.1 Å². The highest BCUT2D eigenvalue weighted by molar-refractivity contribution is 5.97. The van der Waals surface area contributed by atoms with Gasteiger partial charge >= 0.3 is 0 Å². The monoisotopic (exact) mass is 915 g/mol. The summed E-state index contributed by atoms with van der Waals surface area (Å²) in [6.07, 6.45) is 0. The lowest BCUT2D eigenvalue weighted by Gasteiger charge is -2.34. The molecule has 0 fully saturated rings. The fourth-order valence-corrected chi connectivity index (χ4v) is 11.4. The third kappa shape index (κ3) is 7.51. The summed E-state index contributed by atoms with van der Waals surface area (Å²) in [6, 6.07) is 109. The first-order valence-corrected chi connectivity index (χ1v) is 24.9. The van der Waals surface area contributed by atoms with Gasteiger partial charge in [-0.3, -0.25) is 0 Å². The summed E-state index contributed by atoms with van der Waals surface area (Å²) in [5.74, 6) is 0. The van der Waals surface area contributed by atoms with Crippen molar-refractivity contribution in [2.24, 2.45) is 0 Å². The molecule has 0 saturated carbocycles. The quantitative estimate of drug-likeness (QED) is 0.132. The van der Waals surface area contributed by atoms with Crippen LogP contribution in [0.2, 0.25) is 0 Å². The smallest absolute Gasteiger partial charge is 0.0713 e. The molecule has 0 saturated heterocycles. The van der Waals surface area contributed by atoms with Crippen LogP contribution in [0.25, 0.3) is 77.5 Å². The highest BCUT2D eigenvalue weighted by Crippen LogP contribution is 2.57. The van der Waals surface area contributed by atoms with Crippen molar-refractivity contribution in [1.82, 2.24) is 0 Å². The summed E-state index contributed by atoms with van der Waals surface area (Å²) in [4.78, 5) is 2.40. The van der Waals surface area contributed by atoms with Gasteiger partial charge in [0.25, 0.3) is 0 Å². The number of nitrogens with zero attached hydrogens (tertiary/aromatic N) is 1. The van der Waals surface area contributed by atoms with Gasteiger partial charge in [0.15, 0.2) is 0 Å². The molecule has 0 unspecified atom stereocenters. The standard InChI is InChI=1S/C71H49N/c1-4-19-50(20-5-1)53-23-14-24-54(45-53)56-26-16-33-63(47-56)72(64-34-17-27-57(48-64)55-25-15-28-59(46-55)66-37-18-22-52-21-10-11-35-65(52)66)62-42-39-51(40-43-62)58-41-44-68-67-36-12-13-38-69(67)71(70(68)49-58,60-29-6-2-7-30-60)61-31-8-3-9-32-61/h1-49H. The van der Waals surface area contributed by atoms with E-state index in [1.807, 2.05) is 0 Å². The van der Waals surface area contributed by atoms with Gasteiger partial charge in [0.2, 0.25) is 0 Å². The Labute approximate surface area is 422 Å². The Morgan fingerprint density at radius 3 is 1.31 bits per heavy atom. The maximum absolute atomic E-state index is 2.45. The molecule has 0 amide bonds. The van der Waals surface area contributed by atoms with E-state index >= 15 is 0 Å². The summed E-state index contributed by atoms with van der Waals surface area (Å²) in [6.45, 7) is 0. The topological polar surface area (TPSA) is 3.24 Å². The minimum atomic E-state index is -0.466. The van der Waals surface area contributed by atoms with Crippen LogP contribution in [0.1, 0.15) is 22.3 Å². The van der Waals surface area contributed by atoms with Crippen molar-refractivity contribution in [3.63, 3.8) is 0 Å². The lowest BCUT2D eigenvalue weighted by Crippen LogP contribution is -2.28. The molecule has 13 rings (SSSR count). The number of anilines is 3. The third-order valence-corrected chi connectivity index (χ3v) is 14.7. The largest absolute Gasteiger partial charge is 0.310 e. The highest BCUT2D eigenvalue weighted by atomic mass is 15.1. The fourth-order valence-electron chi connectivity index (χ4n) is 11.4. The maximum Gasteiger partial charge on any atom is 0.0713 e. The van der Waals surface area contributed by atoms with Gasteiger partial charge in [0, 0.05) is 17.1 Å². The Hall–Kier alpha value is -9.30. The zero-order chi connectivity index (χ0) is 47.8. The summed E-state index contributed by atoms with van der Waals surface area (Å²) in [5.41, 5.74) is 22.3. The summed E-state index contributed by atoms with van der Waals surface area (Å²) in [5, 5.41) is 2.50. The number of hydrogen-bond acceptors (Lipinski definition) is 1. The van der Waals surface area contributed by atoms with Crippen molar-refractivity contribution in [2.45, 2.75) is 5.41 Å². The van der Waals surface area contributed by atoms with Gasteiger partial charge in [-0.1, -0.05) is 243 Å². The Balaban J connectivity index is 0.924. The van der Waals surface area contributed by atoms with E-state index in [0.717, 1.165) is 33.8 Å². The first kappa shape index (κ1) is 42.8. The zero-order valence-corrected chi connectivity index (χ0v) is 39.7. The van der Waals surface area contributed by atoms with Crippen LogP contribution in [0.4, 0.5) is 17.1 Å². The van der Waals surface area contributed by atoms with Crippen molar-refractivity contribution >= 4 is 27.8 Å². The lowest BCUT2D eigenvalue weighted by molar-refractivity contribution is 0.769. The second-order valence-electron chi connectivity index (χ2n) is 18.8. The van der Waals surface area contributed by atoms with Crippen molar-refractivity contribution in [2.75, 3.05) is 4.90 Å². The zero-order valence-electron chi connectivity index (χ0n) is 39.7. The first-order valence-electron chi connectivity index (χ1n) is 24.9. The Bertz CT molecular complexity index is 3870. The number of rotatable bonds is 10. The van der Waals surface area contributed by atoms with Crippen LogP contribution in [0.15, 0.2) is 297 Å². The van der Waals surface area contributed by atoms with Crippen LogP contribution < -0.4 is 4.90 Å². The molecule has 0 N–H and O–H groups in total. The average molecular weight is 916 g/mol. The predicted octanol–water partition coefficient (Wildman–Crippen LogP) is 19.0. The van der Waals surface area contributed by atoms with E-state index in [2.05, 4.69) is 302 Å². The van der Waals surface area contributed by atoms with Crippen molar-refractivity contribution in [3.8, 4) is 66.8 Å². The van der Waals surface area contributed by atoms with E-state index in [-0.39, 0.29) is 0 Å². The van der Waals surface area contributed by atoms with Crippen LogP contribution in [0, 0.1) is 0 Å². The van der Waals surface area contributed by atoms with Crippen LogP contribution in [0.3, 0.4) is 0 Å². The predicted molar refractivity (Wildman–Crippen MR) is 303 cm³/mol. The Kier molecular flexibility index (Phi) is 10.8. The molecule has 1 aliphatic carbocycles. The van der Waals surface area contributed by atoms with E-state index in [4.69, 9.17) is 0 Å². The minimum absolute atomic E-state index is 0.466. The van der Waals surface area contributed by atoms with Gasteiger partial charge in [-0.2, -0.15) is 0 Å². The number of hydrogen-bond donors (Lipinski definition) is 0. The third-order valence-electron chi connectivity index (χ3n) is 14.7. The van der Waals surface area contributed by atoms with Crippen molar-refractivity contribution in [1.29, 1.82) is 0 Å². The normalized spacial score (nSPS) is 12.3. The van der Waals surface area contributed by atoms with Crippen molar-refractivity contribution in [3.05, 3.63) is 320 Å². The van der Waals surface area contributed by atoms with Crippen LogP contribution >= 0.6 is 0 Å². The number of benzene rings is 12. The molecule has 0 atom stereocenters. The van der Waals surface area contributed by atoms with Gasteiger partial charge in [0.05, 0.1) is 5.41 Å². The molecule has 72 heavy (non-hydrogen) atoms. The van der Waals surface area contributed by atoms with E-state index in [0.29, 0.717) is 0 Å². The molecule has 12 aromatic rings. The van der Waals surface area contributed by atoms with Crippen LogP contribution in [-0.4, -0.2) is 0 Å². The molecule has 12 aromatic carbocycles. The van der Waals surface area contributed by atoms with Crippen LogP contribution in [0.5, 0.6) is 0 Å². The minimum Gasteiger partial charge on any atom is -0.310 e. The SMILES string of the molecule is c1ccc(-c2cccc(-c3cccc(N(c4ccc(-c5ccc6c(c5)C(c5ccccc5)(c5ccccc5)c5ccccc5-6)cc4)c4cccc(-c5cccc(-c6cccc7ccccc67)c5)c4)c3)c2)cc1. The maximum atomic E-state index is 2.45. The van der Waals surface area contributed by atoms with E-state index in [1.54, 1.807) is 0 Å². The summed E-state index contributed by atoms with van der Waals surface area (Å²) >= 11 is 0.